The Hall–Kier alpha value is -1.91. The minimum atomic E-state index is -0.611. The average Bonchev–Trinajstić information content (AvgIpc) is 2.56. The molecule has 4 nitrogen and oxygen atoms in total. The summed E-state index contributed by atoms with van der Waals surface area (Å²) in [6, 6.07) is 12.3. The van der Waals surface area contributed by atoms with Crippen molar-refractivity contribution in [3.8, 4) is 11.5 Å². The zero-order valence-corrected chi connectivity index (χ0v) is 15.0. The van der Waals surface area contributed by atoms with Crippen molar-refractivity contribution in [2.45, 2.75) is 20.0 Å². The highest BCUT2D eigenvalue weighted by molar-refractivity contribution is 6.31. The molecule has 1 amide bonds. The second-order valence-electron chi connectivity index (χ2n) is 5.26. The minimum Gasteiger partial charge on any atom is -0.492 e. The Balaban J connectivity index is 1.72. The van der Waals surface area contributed by atoms with Gasteiger partial charge in [-0.25, -0.2) is 0 Å². The molecule has 0 aliphatic heterocycles. The Kier molecular flexibility index (Phi) is 6.76. The van der Waals surface area contributed by atoms with E-state index < -0.39 is 6.10 Å². The lowest BCUT2D eigenvalue weighted by atomic mass is 10.2. The van der Waals surface area contributed by atoms with Crippen molar-refractivity contribution in [3.63, 3.8) is 0 Å². The van der Waals surface area contributed by atoms with E-state index in [1.807, 2.05) is 19.1 Å². The average molecular weight is 368 g/mol. The van der Waals surface area contributed by atoms with Crippen LogP contribution >= 0.6 is 23.2 Å². The molecule has 0 aliphatic carbocycles. The molecule has 1 N–H and O–H groups in total. The van der Waals surface area contributed by atoms with Crippen LogP contribution in [-0.4, -0.2) is 25.2 Å². The van der Waals surface area contributed by atoms with Crippen LogP contribution in [0.5, 0.6) is 11.5 Å². The van der Waals surface area contributed by atoms with Crippen LogP contribution in [0.3, 0.4) is 0 Å². The molecule has 0 bridgehead atoms. The highest BCUT2D eigenvalue weighted by Crippen LogP contribution is 2.21. The quantitative estimate of drug-likeness (QED) is 0.743. The molecule has 0 radical (unpaired) electrons. The van der Waals surface area contributed by atoms with E-state index in [2.05, 4.69) is 5.32 Å². The third-order valence-electron chi connectivity index (χ3n) is 3.31. The molecule has 2 aromatic rings. The van der Waals surface area contributed by atoms with Gasteiger partial charge >= 0.3 is 0 Å². The largest absolute Gasteiger partial charge is 0.492 e. The summed E-state index contributed by atoms with van der Waals surface area (Å²) >= 11 is 11.8. The molecule has 0 aliphatic rings. The van der Waals surface area contributed by atoms with Gasteiger partial charge in [-0.15, -0.1) is 0 Å². The van der Waals surface area contributed by atoms with E-state index in [1.54, 1.807) is 37.3 Å². The molecule has 0 fully saturated rings. The highest BCUT2D eigenvalue weighted by Gasteiger charge is 2.14. The monoisotopic (exact) mass is 367 g/mol. The van der Waals surface area contributed by atoms with E-state index >= 15 is 0 Å². The van der Waals surface area contributed by atoms with Crippen molar-refractivity contribution in [2.24, 2.45) is 0 Å². The Morgan fingerprint density at radius 2 is 1.79 bits per heavy atom. The molecular formula is C18H19Cl2NO3. The van der Waals surface area contributed by atoms with Gasteiger partial charge in [-0.05, 0) is 55.8 Å². The number of ether oxygens (including phenoxy) is 2. The molecule has 0 unspecified atom stereocenters. The van der Waals surface area contributed by atoms with Crippen molar-refractivity contribution in [1.29, 1.82) is 0 Å². The Bertz CT molecular complexity index is 689. The first-order valence-corrected chi connectivity index (χ1v) is 8.30. The number of hydrogen-bond donors (Lipinski definition) is 1. The van der Waals surface area contributed by atoms with Gasteiger partial charge in [0.25, 0.3) is 5.91 Å². The summed E-state index contributed by atoms with van der Waals surface area (Å²) in [7, 11) is 0. The molecule has 0 heterocycles. The maximum atomic E-state index is 12.0. The fraction of sp³-hybridized carbons (Fsp3) is 0.278. The maximum Gasteiger partial charge on any atom is 0.260 e. The van der Waals surface area contributed by atoms with Crippen LogP contribution in [0.2, 0.25) is 10.0 Å². The molecule has 2 rings (SSSR count). The lowest BCUT2D eigenvalue weighted by Crippen LogP contribution is -2.38. The Morgan fingerprint density at radius 3 is 2.46 bits per heavy atom. The smallest absolute Gasteiger partial charge is 0.260 e. The van der Waals surface area contributed by atoms with Gasteiger partial charge in [0, 0.05) is 10.0 Å². The molecule has 0 saturated carbocycles. The van der Waals surface area contributed by atoms with Crippen LogP contribution in [0, 0.1) is 6.92 Å². The number of rotatable bonds is 7. The third-order valence-corrected chi connectivity index (χ3v) is 3.97. The first-order valence-electron chi connectivity index (χ1n) is 7.54. The summed E-state index contributed by atoms with van der Waals surface area (Å²) in [4.78, 5) is 12.0. The third kappa shape index (κ3) is 5.62. The number of carbonyl (C=O) groups excluding carboxylic acids is 1. The number of nitrogens with one attached hydrogen (secondary N) is 1. The molecule has 1 atom stereocenters. The number of aryl methyl sites for hydroxylation is 1. The molecule has 24 heavy (non-hydrogen) atoms. The summed E-state index contributed by atoms with van der Waals surface area (Å²) in [6.45, 7) is 4.33. The second kappa shape index (κ2) is 8.81. The molecule has 2 aromatic carbocycles. The van der Waals surface area contributed by atoms with Gasteiger partial charge in [-0.3, -0.25) is 4.79 Å². The molecular weight excluding hydrogens is 349 g/mol. The number of amides is 1. The molecule has 0 aromatic heterocycles. The summed E-state index contributed by atoms with van der Waals surface area (Å²) in [5.74, 6) is 1.05. The Labute approximate surface area is 151 Å². The standard InChI is InChI=1S/C18H19Cl2NO3/c1-12-3-6-16(11-17(12)20)23-10-9-21-18(22)13(2)24-15-7-4-14(19)5-8-15/h3-8,11,13H,9-10H2,1-2H3,(H,21,22)/t13-/m1/s1. The van der Waals surface area contributed by atoms with Gasteiger partial charge in [0.15, 0.2) is 6.10 Å². The number of halogens is 2. The van der Waals surface area contributed by atoms with Crippen LogP contribution in [-0.2, 0) is 4.79 Å². The van der Waals surface area contributed by atoms with Crippen molar-refractivity contribution in [1.82, 2.24) is 5.32 Å². The van der Waals surface area contributed by atoms with Gasteiger partial charge in [-0.1, -0.05) is 29.3 Å². The number of benzene rings is 2. The highest BCUT2D eigenvalue weighted by atomic mass is 35.5. The van der Waals surface area contributed by atoms with E-state index in [0.29, 0.717) is 34.7 Å². The van der Waals surface area contributed by atoms with Crippen LogP contribution in [0.1, 0.15) is 12.5 Å². The van der Waals surface area contributed by atoms with Crippen LogP contribution in [0.4, 0.5) is 0 Å². The van der Waals surface area contributed by atoms with Crippen LogP contribution < -0.4 is 14.8 Å². The normalized spacial score (nSPS) is 11.7. The minimum absolute atomic E-state index is 0.213. The summed E-state index contributed by atoms with van der Waals surface area (Å²) in [6.07, 6.45) is -0.611. The van der Waals surface area contributed by atoms with E-state index in [4.69, 9.17) is 32.7 Å². The van der Waals surface area contributed by atoms with Crippen LogP contribution in [0.15, 0.2) is 42.5 Å². The number of carbonyl (C=O) groups is 1. The van der Waals surface area contributed by atoms with E-state index in [1.165, 1.54) is 0 Å². The predicted molar refractivity (Wildman–Crippen MR) is 96.2 cm³/mol. The van der Waals surface area contributed by atoms with Gasteiger partial charge < -0.3 is 14.8 Å². The van der Waals surface area contributed by atoms with Crippen molar-refractivity contribution < 1.29 is 14.3 Å². The molecule has 6 heteroatoms. The van der Waals surface area contributed by atoms with Gasteiger partial charge in [0.05, 0.1) is 6.54 Å². The van der Waals surface area contributed by atoms with E-state index in [0.717, 1.165) is 5.56 Å². The summed E-state index contributed by atoms with van der Waals surface area (Å²) in [5, 5.41) is 4.03. The van der Waals surface area contributed by atoms with Crippen molar-refractivity contribution in [3.05, 3.63) is 58.1 Å². The lowest BCUT2D eigenvalue weighted by Gasteiger charge is -2.15. The van der Waals surface area contributed by atoms with E-state index in [9.17, 15) is 4.79 Å². The lowest BCUT2D eigenvalue weighted by molar-refractivity contribution is -0.127. The van der Waals surface area contributed by atoms with Gasteiger partial charge in [0.1, 0.15) is 18.1 Å². The first-order chi connectivity index (χ1) is 11.5. The zero-order chi connectivity index (χ0) is 17.5. The Morgan fingerprint density at radius 1 is 1.12 bits per heavy atom. The fourth-order valence-electron chi connectivity index (χ4n) is 1.92. The SMILES string of the molecule is Cc1ccc(OCCNC(=O)[C@@H](C)Oc2ccc(Cl)cc2)cc1Cl. The number of hydrogen-bond acceptors (Lipinski definition) is 3. The molecule has 128 valence electrons. The molecule has 0 saturated heterocycles. The predicted octanol–water partition coefficient (Wildman–Crippen LogP) is 4.26. The summed E-state index contributed by atoms with van der Waals surface area (Å²) in [5.41, 5.74) is 0.991. The molecule has 0 spiro atoms. The second-order valence-corrected chi connectivity index (χ2v) is 6.11. The van der Waals surface area contributed by atoms with Crippen molar-refractivity contribution >= 4 is 29.1 Å². The van der Waals surface area contributed by atoms with Gasteiger partial charge in [-0.2, -0.15) is 0 Å². The topological polar surface area (TPSA) is 47.6 Å². The zero-order valence-electron chi connectivity index (χ0n) is 13.5. The van der Waals surface area contributed by atoms with Crippen LogP contribution in [0.25, 0.3) is 0 Å². The van der Waals surface area contributed by atoms with E-state index in [-0.39, 0.29) is 5.91 Å². The first kappa shape index (κ1) is 18.4. The summed E-state index contributed by atoms with van der Waals surface area (Å²) < 4.78 is 11.1. The van der Waals surface area contributed by atoms with Crippen molar-refractivity contribution in [2.75, 3.05) is 13.2 Å². The fourth-order valence-corrected chi connectivity index (χ4v) is 2.22. The van der Waals surface area contributed by atoms with Gasteiger partial charge in [0.2, 0.25) is 0 Å². The maximum absolute atomic E-state index is 12.0.